The van der Waals surface area contributed by atoms with Crippen LogP contribution in [0.3, 0.4) is 0 Å². The fraction of sp³-hybridized carbons (Fsp3) is 0. The highest BCUT2D eigenvalue weighted by Crippen LogP contribution is 2.38. The van der Waals surface area contributed by atoms with Crippen molar-refractivity contribution in [1.29, 1.82) is 0 Å². The maximum absolute atomic E-state index is 9.57. The molecule has 2 heteroatoms. The molecular weight excluding hydrogens is 264 g/mol. The van der Waals surface area contributed by atoms with E-state index in [1.807, 2.05) is 48.5 Å². The summed E-state index contributed by atoms with van der Waals surface area (Å²) in [6.07, 6.45) is 0. The van der Waals surface area contributed by atoms with Crippen LogP contribution in [0.5, 0.6) is 0 Å². The van der Waals surface area contributed by atoms with Crippen molar-refractivity contribution in [2.24, 2.45) is 0 Å². The van der Waals surface area contributed by atoms with Crippen molar-refractivity contribution in [2.75, 3.05) is 0 Å². The molecule has 98 valence electrons. The second-order valence-electron chi connectivity index (χ2n) is 4.50. The van der Waals surface area contributed by atoms with Gasteiger partial charge in [-0.15, -0.1) is 0 Å². The van der Waals surface area contributed by atoms with Gasteiger partial charge < -0.3 is 4.55 Å². The van der Waals surface area contributed by atoms with E-state index >= 15 is 0 Å². The fourth-order valence-electron chi connectivity index (χ4n) is 2.37. The Morgan fingerprint density at radius 3 is 1.80 bits per heavy atom. The van der Waals surface area contributed by atoms with Crippen LogP contribution in [0.2, 0.25) is 0 Å². The van der Waals surface area contributed by atoms with E-state index in [2.05, 4.69) is 30.3 Å². The Bertz CT molecular complexity index is 693. The molecule has 0 fully saturated rings. The van der Waals surface area contributed by atoms with E-state index in [0.717, 1.165) is 39.2 Å². The van der Waals surface area contributed by atoms with Crippen LogP contribution >= 0.6 is 12.0 Å². The van der Waals surface area contributed by atoms with Crippen molar-refractivity contribution in [3.8, 4) is 22.3 Å². The third kappa shape index (κ3) is 2.48. The minimum Gasteiger partial charge on any atom is -0.325 e. The monoisotopic (exact) mass is 278 g/mol. The van der Waals surface area contributed by atoms with E-state index in [9.17, 15) is 4.55 Å². The molecule has 0 aliphatic carbocycles. The third-order valence-corrected chi connectivity index (χ3v) is 3.81. The molecule has 20 heavy (non-hydrogen) atoms. The molecular formula is C18H14OS. The molecule has 1 nitrogen and oxygen atoms in total. The lowest BCUT2D eigenvalue weighted by Gasteiger charge is -2.13. The van der Waals surface area contributed by atoms with Gasteiger partial charge in [-0.1, -0.05) is 72.8 Å². The predicted molar refractivity (Wildman–Crippen MR) is 85.8 cm³/mol. The van der Waals surface area contributed by atoms with Gasteiger partial charge in [0.15, 0.2) is 0 Å². The molecule has 0 aliphatic heterocycles. The number of rotatable bonds is 3. The molecule has 0 bridgehead atoms. The first-order chi connectivity index (χ1) is 9.90. The van der Waals surface area contributed by atoms with Gasteiger partial charge in [0, 0.05) is 22.5 Å². The summed E-state index contributed by atoms with van der Waals surface area (Å²) in [4.78, 5) is 0.873. The van der Waals surface area contributed by atoms with Crippen LogP contribution in [0, 0.1) is 0 Å². The first-order valence-electron chi connectivity index (χ1n) is 6.45. The Kier molecular flexibility index (Phi) is 3.86. The molecule has 0 atom stereocenters. The van der Waals surface area contributed by atoms with Gasteiger partial charge >= 0.3 is 0 Å². The lowest BCUT2D eigenvalue weighted by molar-refractivity contribution is 0.664. The van der Waals surface area contributed by atoms with E-state index in [1.54, 1.807) is 0 Å². The average molecular weight is 278 g/mol. The van der Waals surface area contributed by atoms with Gasteiger partial charge in [-0.05, 0) is 22.8 Å². The maximum Gasteiger partial charge on any atom is 0.0435 e. The van der Waals surface area contributed by atoms with Gasteiger partial charge in [-0.3, -0.25) is 0 Å². The van der Waals surface area contributed by atoms with Crippen LogP contribution in [-0.2, 0) is 0 Å². The maximum atomic E-state index is 9.57. The smallest absolute Gasteiger partial charge is 0.0435 e. The second kappa shape index (κ2) is 5.95. The van der Waals surface area contributed by atoms with Crippen LogP contribution in [0.25, 0.3) is 22.3 Å². The zero-order valence-corrected chi connectivity index (χ0v) is 11.7. The second-order valence-corrected chi connectivity index (χ2v) is 5.12. The minimum atomic E-state index is 0.799. The van der Waals surface area contributed by atoms with Gasteiger partial charge in [0.1, 0.15) is 0 Å². The van der Waals surface area contributed by atoms with Crippen LogP contribution in [0.15, 0.2) is 83.8 Å². The summed E-state index contributed by atoms with van der Waals surface area (Å²) in [7, 11) is 0. The largest absolute Gasteiger partial charge is 0.325 e. The lowest BCUT2D eigenvalue weighted by Crippen LogP contribution is -1.88. The zero-order chi connectivity index (χ0) is 13.8. The first kappa shape index (κ1) is 13.0. The lowest BCUT2D eigenvalue weighted by atomic mass is 9.94. The quantitative estimate of drug-likeness (QED) is 0.630. The molecule has 0 aliphatic rings. The number of hydrogen-bond acceptors (Lipinski definition) is 2. The molecule has 0 aromatic heterocycles. The van der Waals surface area contributed by atoms with Gasteiger partial charge in [0.25, 0.3) is 0 Å². The highest BCUT2D eigenvalue weighted by molar-refractivity contribution is 7.94. The standard InChI is InChI=1S/C18H14OS/c19-20-17-13-7-12-16(14-8-3-1-4-9-14)18(17)15-10-5-2-6-11-15/h1-13,19H. The van der Waals surface area contributed by atoms with Crippen molar-refractivity contribution in [3.63, 3.8) is 0 Å². The van der Waals surface area contributed by atoms with Crippen LogP contribution < -0.4 is 0 Å². The third-order valence-electron chi connectivity index (χ3n) is 3.27. The summed E-state index contributed by atoms with van der Waals surface area (Å²) in [6, 6.07) is 26.4. The Morgan fingerprint density at radius 2 is 1.20 bits per heavy atom. The van der Waals surface area contributed by atoms with E-state index < -0.39 is 0 Å². The van der Waals surface area contributed by atoms with Crippen LogP contribution in [0.4, 0.5) is 0 Å². The highest BCUT2D eigenvalue weighted by Gasteiger charge is 2.12. The first-order valence-corrected chi connectivity index (χ1v) is 7.23. The fourth-order valence-corrected chi connectivity index (χ4v) is 2.83. The molecule has 0 saturated heterocycles. The van der Waals surface area contributed by atoms with E-state index in [4.69, 9.17) is 0 Å². The number of hydrogen-bond donors (Lipinski definition) is 1. The molecule has 0 radical (unpaired) electrons. The number of benzene rings is 3. The summed E-state index contributed by atoms with van der Waals surface area (Å²) in [5, 5.41) is 0. The van der Waals surface area contributed by atoms with Crippen molar-refractivity contribution in [3.05, 3.63) is 78.9 Å². The van der Waals surface area contributed by atoms with Gasteiger partial charge in [-0.25, -0.2) is 0 Å². The van der Waals surface area contributed by atoms with Crippen molar-refractivity contribution < 1.29 is 4.55 Å². The molecule has 0 unspecified atom stereocenters. The van der Waals surface area contributed by atoms with Crippen molar-refractivity contribution in [2.45, 2.75) is 4.90 Å². The summed E-state index contributed by atoms with van der Waals surface area (Å²) in [5.41, 5.74) is 4.48. The van der Waals surface area contributed by atoms with Gasteiger partial charge in [-0.2, -0.15) is 0 Å². The molecule has 0 amide bonds. The molecule has 3 aromatic rings. The van der Waals surface area contributed by atoms with Crippen LogP contribution in [0.1, 0.15) is 0 Å². The Hall–Kier alpha value is -2.03. The molecule has 1 N–H and O–H groups in total. The molecule has 0 saturated carbocycles. The summed E-state index contributed by atoms with van der Waals surface area (Å²) in [5.74, 6) is 0. The molecule has 3 aromatic carbocycles. The summed E-state index contributed by atoms with van der Waals surface area (Å²) in [6.45, 7) is 0. The van der Waals surface area contributed by atoms with Crippen molar-refractivity contribution in [1.82, 2.24) is 0 Å². The topological polar surface area (TPSA) is 20.2 Å². The van der Waals surface area contributed by atoms with Crippen molar-refractivity contribution >= 4 is 12.0 Å². The molecule has 3 rings (SSSR count). The predicted octanol–water partition coefficient (Wildman–Crippen LogP) is 5.59. The summed E-state index contributed by atoms with van der Waals surface area (Å²) >= 11 is 0.799. The van der Waals surface area contributed by atoms with Gasteiger partial charge in [0.2, 0.25) is 0 Å². The molecule has 0 heterocycles. The Morgan fingerprint density at radius 1 is 0.600 bits per heavy atom. The Balaban J connectivity index is 2.26. The minimum absolute atomic E-state index is 0.799. The van der Waals surface area contributed by atoms with Gasteiger partial charge in [0.05, 0.1) is 0 Å². The van der Waals surface area contributed by atoms with E-state index in [0.29, 0.717) is 0 Å². The average Bonchev–Trinajstić information content (AvgIpc) is 2.55. The molecule has 0 spiro atoms. The van der Waals surface area contributed by atoms with E-state index in [-0.39, 0.29) is 0 Å². The zero-order valence-electron chi connectivity index (χ0n) is 10.9. The summed E-state index contributed by atoms with van der Waals surface area (Å²) < 4.78 is 9.57. The SMILES string of the molecule is OSc1cccc(-c2ccccc2)c1-c1ccccc1. The Labute approximate surface area is 123 Å². The normalized spacial score (nSPS) is 10.4. The highest BCUT2D eigenvalue weighted by atomic mass is 32.2. The van der Waals surface area contributed by atoms with Crippen LogP contribution in [-0.4, -0.2) is 4.55 Å². The van der Waals surface area contributed by atoms with E-state index in [1.165, 1.54) is 0 Å².